The number of rotatable bonds is 7. The van der Waals surface area contributed by atoms with Gasteiger partial charge in [-0.15, -0.1) is 0 Å². The highest BCUT2D eigenvalue weighted by Crippen LogP contribution is 2.15. The Labute approximate surface area is 103 Å². The van der Waals surface area contributed by atoms with Crippen molar-refractivity contribution in [3.05, 3.63) is 35.9 Å². The van der Waals surface area contributed by atoms with Crippen molar-refractivity contribution in [2.45, 2.75) is 38.6 Å². The Bertz CT molecular complexity index is 344. The van der Waals surface area contributed by atoms with Gasteiger partial charge in [-0.1, -0.05) is 44.2 Å². The molecular weight excluding hydrogens is 214 g/mol. The van der Waals surface area contributed by atoms with E-state index in [-0.39, 0.29) is 0 Å². The van der Waals surface area contributed by atoms with Gasteiger partial charge in [-0.05, 0) is 24.8 Å². The second-order valence-corrected chi connectivity index (χ2v) is 4.26. The lowest BCUT2D eigenvalue weighted by Crippen LogP contribution is -2.51. The normalized spacial score (nSPS) is 11.4. The standard InChI is InChI=1S/C14H21NO2/c1-3-14(4-2,13(16)17)15-11-10-12-8-6-5-7-9-12/h5-9,15H,3-4,10-11H2,1-2H3,(H,16,17). The number of carbonyl (C=O) groups is 1. The van der Waals surface area contributed by atoms with E-state index in [0.29, 0.717) is 19.4 Å². The van der Waals surface area contributed by atoms with Crippen molar-refractivity contribution in [3.8, 4) is 0 Å². The Balaban J connectivity index is 2.51. The van der Waals surface area contributed by atoms with Gasteiger partial charge in [-0.25, -0.2) is 0 Å². The highest BCUT2D eigenvalue weighted by molar-refractivity contribution is 5.78. The SMILES string of the molecule is CCC(CC)(NCCc1ccccc1)C(=O)O. The number of benzene rings is 1. The minimum absolute atomic E-state index is 0.605. The number of aliphatic carboxylic acids is 1. The number of nitrogens with one attached hydrogen (secondary N) is 1. The van der Waals surface area contributed by atoms with Crippen molar-refractivity contribution in [3.63, 3.8) is 0 Å². The van der Waals surface area contributed by atoms with Gasteiger partial charge < -0.3 is 10.4 Å². The molecule has 0 saturated heterocycles. The van der Waals surface area contributed by atoms with Crippen LogP contribution in [0.5, 0.6) is 0 Å². The van der Waals surface area contributed by atoms with Gasteiger partial charge in [0.1, 0.15) is 5.54 Å². The largest absolute Gasteiger partial charge is 0.480 e. The first kappa shape index (κ1) is 13.7. The van der Waals surface area contributed by atoms with Crippen LogP contribution in [0.2, 0.25) is 0 Å². The number of hydrogen-bond donors (Lipinski definition) is 2. The molecule has 0 aromatic heterocycles. The lowest BCUT2D eigenvalue weighted by molar-refractivity contribution is -0.145. The molecule has 1 aromatic carbocycles. The molecule has 0 atom stereocenters. The predicted molar refractivity (Wildman–Crippen MR) is 69.1 cm³/mol. The minimum Gasteiger partial charge on any atom is -0.480 e. The molecule has 0 aliphatic carbocycles. The van der Waals surface area contributed by atoms with E-state index >= 15 is 0 Å². The summed E-state index contributed by atoms with van der Waals surface area (Å²) in [6.07, 6.45) is 2.07. The molecule has 0 amide bonds. The number of hydrogen-bond acceptors (Lipinski definition) is 2. The van der Waals surface area contributed by atoms with Gasteiger partial charge in [0, 0.05) is 6.54 Å². The molecule has 0 saturated carbocycles. The Hall–Kier alpha value is -1.35. The van der Waals surface area contributed by atoms with Crippen LogP contribution in [0.25, 0.3) is 0 Å². The van der Waals surface area contributed by atoms with E-state index < -0.39 is 11.5 Å². The van der Waals surface area contributed by atoms with Crippen LogP contribution >= 0.6 is 0 Å². The van der Waals surface area contributed by atoms with Crippen LogP contribution in [0.4, 0.5) is 0 Å². The molecule has 1 aromatic rings. The van der Waals surface area contributed by atoms with Crippen LogP contribution in [0, 0.1) is 0 Å². The van der Waals surface area contributed by atoms with Gasteiger partial charge in [0.25, 0.3) is 0 Å². The molecule has 3 nitrogen and oxygen atoms in total. The molecule has 1 rings (SSSR count). The van der Waals surface area contributed by atoms with Gasteiger partial charge in [-0.2, -0.15) is 0 Å². The first-order valence-electron chi connectivity index (χ1n) is 6.17. The summed E-state index contributed by atoms with van der Waals surface area (Å²) in [5.41, 5.74) is 0.459. The Morgan fingerprint density at radius 2 is 1.82 bits per heavy atom. The highest BCUT2D eigenvalue weighted by atomic mass is 16.4. The maximum absolute atomic E-state index is 11.3. The van der Waals surface area contributed by atoms with Gasteiger partial charge in [0.15, 0.2) is 0 Å². The third kappa shape index (κ3) is 3.56. The summed E-state index contributed by atoms with van der Waals surface area (Å²) < 4.78 is 0. The second-order valence-electron chi connectivity index (χ2n) is 4.26. The Morgan fingerprint density at radius 3 is 2.29 bits per heavy atom. The van der Waals surface area contributed by atoms with E-state index in [1.54, 1.807) is 0 Å². The third-order valence-corrected chi connectivity index (χ3v) is 3.34. The molecule has 0 heterocycles. The lowest BCUT2D eigenvalue weighted by Gasteiger charge is -2.28. The molecule has 0 unspecified atom stereocenters. The van der Waals surface area contributed by atoms with Crippen molar-refractivity contribution in [2.24, 2.45) is 0 Å². The third-order valence-electron chi connectivity index (χ3n) is 3.34. The summed E-state index contributed by atoms with van der Waals surface area (Å²) in [5.74, 6) is -0.754. The van der Waals surface area contributed by atoms with Crippen molar-refractivity contribution in [1.29, 1.82) is 0 Å². The predicted octanol–water partition coefficient (Wildman–Crippen LogP) is 2.46. The molecule has 2 N–H and O–H groups in total. The summed E-state index contributed by atoms with van der Waals surface area (Å²) in [7, 11) is 0. The quantitative estimate of drug-likeness (QED) is 0.763. The molecule has 0 fully saturated rings. The number of carboxylic acids is 1. The summed E-state index contributed by atoms with van der Waals surface area (Å²) in [6.45, 7) is 4.51. The van der Waals surface area contributed by atoms with Crippen LogP contribution in [0.3, 0.4) is 0 Å². The fourth-order valence-electron chi connectivity index (χ4n) is 1.97. The van der Waals surface area contributed by atoms with Crippen molar-refractivity contribution in [1.82, 2.24) is 5.32 Å². The van der Waals surface area contributed by atoms with Gasteiger partial charge in [0.05, 0.1) is 0 Å². The van der Waals surface area contributed by atoms with Crippen molar-refractivity contribution < 1.29 is 9.90 Å². The Morgan fingerprint density at radius 1 is 1.24 bits per heavy atom. The summed E-state index contributed by atoms with van der Waals surface area (Å²) >= 11 is 0. The smallest absolute Gasteiger partial charge is 0.323 e. The van der Waals surface area contributed by atoms with Crippen LogP contribution in [0.15, 0.2) is 30.3 Å². The molecule has 0 radical (unpaired) electrons. The van der Waals surface area contributed by atoms with Gasteiger partial charge in [0.2, 0.25) is 0 Å². The van der Waals surface area contributed by atoms with E-state index in [4.69, 9.17) is 0 Å². The maximum atomic E-state index is 11.3. The van der Waals surface area contributed by atoms with Crippen LogP contribution < -0.4 is 5.32 Å². The minimum atomic E-state index is -0.769. The molecule has 0 aliphatic heterocycles. The monoisotopic (exact) mass is 235 g/mol. The number of carboxylic acid groups (broad SMARTS) is 1. The van der Waals surface area contributed by atoms with Gasteiger partial charge in [-0.3, -0.25) is 4.79 Å². The average molecular weight is 235 g/mol. The highest BCUT2D eigenvalue weighted by Gasteiger charge is 2.33. The van der Waals surface area contributed by atoms with E-state index in [1.165, 1.54) is 5.56 Å². The van der Waals surface area contributed by atoms with Crippen LogP contribution in [-0.4, -0.2) is 23.2 Å². The molecule has 0 spiro atoms. The van der Waals surface area contributed by atoms with E-state index in [2.05, 4.69) is 17.4 Å². The molecule has 17 heavy (non-hydrogen) atoms. The molecule has 3 heteroatoms. The zero-order chi connectivity index (χ0) is 12.7. The first-order valence-corrected chi connectivity index (χ1v) is 6.17. The van der Waals surface area contributed by atoms with Crippen molar-refractivity contribution >= 4 is 5.97 Å². The van der Waals surface area contributed by atoms with Crippen LogP contribution in [0.1, 0.15) is 32.3 Å². The molecule has 0 bridgehead atoms. The second kappa shape index (κ2) is 6.40. The topological polar surface area (TPSA) is 49.3 Å². The summed E-state index contributed by atoms with van der Waals surface area (Å²) in [5, 5.41) is 12.4. The van der Waals surface area contributed by atoms with E-state index in [9.17, 15) is 9.90 Å². The van der Waals surface area contributed by atoms with E-state index in [1.807, 2.05) is 32.0 Å². The zero-order valence-corrected chi connectivity index (χ0v) is 10.6. The first-order chi connectivity index (χ1) is 8.14. The fourth-order valence-corrected chi connectivity index (χ4v) is 1.97. The molecule has 0 aliphatic rings. The summed E-state index contributed by atoms with van der Waals surface area (Å²) in [6, 6.07) is 10.1. The molecular formula is C14H21NO2. The Kier molecular flexibility index (Phi) is 5.16. The zero-order valence-electron chi connectivity index (χ0n) is 10.6. The van der Waals surface area contributed by atoms with Gasteiger partial charge >= 0.3 is 5.97 Å². The van der Waals surface area contributed by atoms with Crippen molar-refractivity contribution in [2.75, 3.05) is 6.54 Å². The van der Waals surface area contributed by atoms with Crippen LogP contribution in [-0.2, 0) is 11.2 Å². The molecule has 94 valence electrons. The maximum Gasteiger partial charge on any atom is 0.323 e. The fraction of sp³-hybridized carbons (Fsp3) is 0.500. The summed E-state index contributed by atoms with van der Waals surface area (Å²) in [4.78, 5) is 11.3. The average Bonchev–Trinajstić information content (AvgIpc) is 2.36. The van der Waals surface area contributed by atoms with E-state index in [0.717, 1.165) is 6.42 Å². The lowest BCUT2D eigenvalue weighted by atomic mass is 9.92.